The highest BCUT2D eigenvalue weighted by Crippen LogP contribution is 2.54. The molecular weight excluding hydrogens is 713 g/mol. The van der Waals surface area contributed by atoms with Crippen LogP contribution in [0.1, 0.15) is 97.8 Å². The number of hydrogen-bond acceptors (Lipinski definition) is 11. The topological polar surface area (TPSA) is 192 Å². The lowest BCUT2D eigenvalue weighted by atomic mass is 9.61. The van der Waals surface area contributed by atoms with E-state index in [1.165, 1.54) is 29.0 Å². The van der Waals surface area contributed by atoms with Crippen LogP contribution in [0.15, 0.2) is 29.0 Å². The van der Waals surface area contributed by atoms with E-state index < -0.39 is 29.3 Å². The van der Waals surface area contributed by atoms with Crippen LogP contribution >= 0.6 is 0 Å². The molecule has 0 amide bonds. The minimum Gasteiger partial charge on any atom is -0.457 e. The van der Waals surface area contributed by atoms with E-state index in [1.807, 2.05) is 27.0 Å². The van der Waals surface area contributed by atoms with Crippen LogP contribution in [0.5, 0.6) is 0 Å². The van der Waals surface area contributed by atoms with Crippen molar-refractivity contribution in [1.29, 1.82) is 0 Å². The first kappa shape index (κ1) is 38.2. The van der Waals surface area contributed by atoms with Gasteiger partial charge >= 0.3 is 5.97 Å². The zero-order chi connectivity index (χ0) is 38.7. The molecule has 308 valence electrons. The maximum atomic E-state index is 14.2. The second-order valence-corrected chi connectivity index (χ2v) is 20.2. The fourth-order valence-corrected chi connectivity index (χ4v) is 14.1. The highest BCUT2D eigenvalue weighted by atomic mass is 16.7. The SMILES string of the molecule is CC1CC(=O)C2C(CC3OC(C)(C)[C@@H]4OC(=O)[C@]5(CCC[C@@H]4C3C2O)O[C@@H]5CCC2CC(N)[NH2+]C3C2CCCC2C(N)NC(C[NH+]4C=C5C=CN=C5C4)CC23)O1. The first-order valence-corrected chi connectivity index (χ1v) is 22.2. The number of carbonyl (C=O) groups is 2. The Morgan fingerprint density at radius 1 is 1.02 bits per heavy atom. The number of quaternary nitrogens is 2. The van der Waals surface area contributed by atoms with Crippen LogP contribution in [0.4, 0.5) is 0 Å². The highest BCUT2D eigenvalue weighted by Gasteiger charge is 2.67. The molecular formula is C43H66N6O7+2. The molecule has 0 aromatic rings. The second-order valence-electron chi connectivity index (χ2n) is 20.2. The largest absolute Gasteiger partial charge is 0.457 e. The van der Waals surface area contributed by atoms with Crippen molar-refractivity contribution in [3.8, 4) is 0 Å². The predicted molar refractivity (Wildman–Crippen MR) is 206 cm³/mol. The van der Waals surface area contributed by atoms with E-state index in [4.69, 9.17) is 30.4 Å². The van der Waals surface area contributed by atoms with E-state index in [-0.39, 0.29) is 60.3 Å². The molecule has 1 spiro atoms. The zero-order valence-electron chi connectivity index (χ0n) is 33.5. The Kier molecular flexibility index (Phi) is 9.74. The van der Waals surface area contributed by atoms with E-state index >= 15 is 0 Å². The van der Waals surface area contributed by atoms with E-state index in [1.54, 1.807) is 0 Å². The summed E-state index contributed by atoms with van der Waals surface area (Å²) < 4.78 is 25.8. The molecule has 2 saturated carbocycles. The molecule has 13 heteroatoms. The van der Waals surface area contributed by atoms with Gasteiger partial charge in [0.15, 0.2) is 5.60 Å². The summed E-state index contributed by atoms with van der Waals surface area (Å²) in [5.74, 6) is 0.837. The summed E-state index contributed by atoms with van der Waals surface area (Å²) in [6.45, 7) is 7.88. The number of hydrogen-bond donors (Lipinski definition) is 6. The molecule has 10 rings (SSSR count). The Morgan fingerprint density at radius 2 is 1.84 bits per heavy atom. The van der Waals surface area contributed by atoms with Crippen LogP contribution in [0, 0.1) is 41.4 Å². The molecule has 8 fully saturated rings. The van der Waals surface area contributed by atoms with Crippen molar-refractivity contribution in [2.24, 2.45) is 57.9 Å². The van der Waals surface area contributed by atoms with Gasteiger partial charge in [0.1, 0.15) is 42.1 Å². The summed E-state index contributed by atoms with van der Waals surface area (Å²) in [5.41, 5.74) is 14.6. The van der Waals surface area contributed by atoms with Crippen LogP contribution in [0.2, 0.25) is 0 Å². The van der Waals surface area contributed by atoms with Crippen molar-refractivity contribution < 1.29 is 43.9 Å². The van der Waals surface area contributed by atoms with Gasteiger partial charge in [0, 0.05) is 49.1 Å². The average molecular weight is 779 g/mol. The normalized spacial score (nSPS) is 51.8. The standard InChI is InChI=1S/C43H64N6O7/c1-21-14-30(50)36-31(53-21)17-32-35(38(36)51)27-8-5-12-43(41(52)54-39(27)42(2,3)55-32)33(56-43)10-9-22-15-34(44)48-37-25(22)6-4-7-26-28(37)16-24(47-40(26)45)19-49-18-23-11-13-46-29(23)20-49/h11,13,18,21-22,24-28,31-40,47-48,51H,4-10,12,14-17,19-20,44-45H2,1-3H3/p+2/t21?,22?,24?,25?,26?,27-,28?,31?,32?,33-,34?,35?,36?,37?,38?,39-,40?,43-/m1/s1. The number of aliphatic imine (C=N–C) groups is 1. The van der Waals surface area contributed by atoms with Crippen molar-refractivity contribution in [3.05, 3.63) is 24.0 Å². The van der Waals surface area contributed by atoms with E-state index in [0.717, 1.165) is 58.0 Å². The lowest BCUT2D eigenvalue weighted by Crippen LogP contribution is -3.08. The number of fused-ring (bicyclic) bond motifs is 8. The third-order valence-corrected chi connectivity index (χ3v) is 16.4. The van der Waals surface area contributed by atoms with Gasteiger partial charge in [-0.05, 0) is 90.0 Å². The number of nitrogens with two attached hydrogens (primary N) is 3. The van der Waals surface area contributed by atoms with Crippen LogP contribution in [0.3, 0.4) is 0 Å². The van der Waals surface area contributed by atoms with Crippen molar-refractivity contribution in [2.75, 3.05) is 13.1 Å². The number of ketones is 1. The number of nitrogens with one attached hydrogen (secondary N) is 2. The van der Waals surface area contributed by atoms with Crippen LogP contribution in [0.25, 0.3) is 0 Å². The Balaban J connectivity index is 0.798. The number of ether oxygens (including phenoxy) is 4. The van der Waals surface area contributed by atoms with Crippen molar-refractivity contribution in [3.63, 3.8) is 0 Å². The van der Waals surface area contributed by atoms with Gasteiger partial charge in [0.05, 0.1) is 66.8 Å². The molecule has 9 N–H and O–H groups in total. The Morgan fingerprint density at radius 3 is 2.68 bits per heavy atom. The van der Waals surface area contributed by atoms with Crippen LogP contribution < -0.4 is 27.0 Å². The Hall–Kier alpha value is -2.07. The smallest absolute Gasteiger partial charge is 0.341 e. The summed E-state index contributed by atoms with van der Waals surface area (Å²) in [4.78, 5) is 33.4. The zero-order valence-corrected chi connectivity index (χ0v) is 33.5. The monoisotopic (exact) mass is 778 g/mol. The molecule has 56 heavy (non-hydrogen) atoms. The van der Waals surface area contributed by atoms with Crippen molar-refractivity contribution in [2.45, 2.75) is 170 Å². The van der Waals surface area contributed by atoms with E-state index in [0.29, 0.717) is 55.0 Å². The van der Waals surface area contributed by atoms with Gasteiger partial charge in [-0.3, -0.25) is 20.8 Å². The molecule has 19 atom stereocenters. The highest BCUT2D eigenvalue weighted by molar-refractivity contribution is 6.06. The Labute approximate surface area is 331 Å². The van der Waals surface area contributed by atoms with Gasteiger partial charge < -0.3 is 40.0 Å². The molecule has 8 heterocycles. The molecule has 6 saturated heterocycles. The minimum absolute atomic E-state index is 0.00477. The van der Waals surface area contributed by atoms with Gasteiger partial charge in [0.25, 0.3) is 0 Å². The number of piperidine rings is 2. The summed E-state index contributed by atoms with van der Waals surface area (Å²) in [7, 11) is 0. The molecule has 0 bridgehead atoms. The first-order chi connectivity index (χ1) is 26.9. The summed E-state index contributed by atoms with van der Waals surface area (Å²) in [6, 6.07) is 0.802. The number of aliphatic hydroxyl groups excluding tert-OH is 1. The number of nitrogens with zero attached hydrogens (tertiary/aromatic N) is 1. The molecule has 2 aliphatic carbocycles. The second kappa shape index (κ2) is 14.3. The van der Waals surface area contributed by atoms with E-state index in [2.05, 4.69) is 27.9 Å². The predicted octanol–water partition coefficient (Wildman–Crippen LogP) is 0.204. The summed E-state index contributed by atoms with van der Waals surface area (Å²) in [6.07, 6.45) is 14.6. The first-order valence-electron chi connectivity index (χ1n) is 22.2. The number of allylic oxidation sites excluding steroid dienone is 1. The number of epoxide rings is 1. The summed E-state index contributed by atoms with van der Waals surface area (Å²) >= 11 is 0. The van der Waals surface area contributed by atoms with E-state index in [9.17, 15) is 14.7 Å². The maximum absolute atomic E-state index is 14.2. The maximum Gasteiger partial charge on any atom is 0.341 e. The molecule has 10 aliphatic rings. The number of Topliss-reactive ketones (excluding diaryl/α,β-unsaturated/α-hetero) is 1. The molecule has 13 nitrogen and oxygen atoms in total. The van der Waals surface area contributed by atoms with Crippen molar-refractivity contribution in [1.82, 2.24) is 5.32 Å². The van der Waals surface area contributed by atoms with Gasteiger partial charge in [-0.15, -0.1) is 0 Å². The van der Waals surface area contributed by atoms with Crippen molar-refractivity contribution >= 4 is 17.5 Å². The molecule has 15 unspecified atom stereocenters. The number of rotatable bonds is 5. The van der Waals surface area contributed by atoms with Gasteiger partial charge in [-0.1, -0.05) is 6.42 Å². The van der Waals surface area contributed by atoms with Gasteiger partial charge in [-0.25, -0.2) is 4.79 Å². The average Bonchev–Trinajstić information content (AvgIpc) is 3.55. The molecule has 0 aromatic heterocycles. The quantitative estimate of drug-likeness (QED) is 0.166. The van der Waals surface area contributed by atoms with Crippen LogP contribution in [-0.2, 0) is 28.5 Å². The third-order valence-electron chi connectivity index (χ3n) is 16.4. The van der Waals surface area contributed by atoms with Gasteiger partial charge in [0.2, 0.25) is 0 Å². The molecule has 8 aliphatic heterocycles. The molecule has 0 radical (unpaired) electrons. The Bertz CT molecular complexity index is 1670. The number of esters is 1. The fourth-order valence-electron chi connectivity index (χ4n) is 14.1. The summed E-state index contributed by atoms with van der Waals surface area (Å²) in [5, 5.41) is 18.1. The number of aliphatic hydroxyl groups is 1. The van der Waals surface area contributed by atoms with Crippen LogP contribution in [-0.4, -0.2) is 108 Å². The lowest BCUT2D eigenvalue weighted by Gasteiger charge is -2.57. The lowest BCUT2D eigenvalue weighted by molar-refractivity contribution is -0.835. The number of carbonyl (C=O) groups excluding carboxylic acids is 2. The molecule has 0 aromatic carbocycles. The van der Waals surface area contributed by atoms with Gasteiger partial charge in [-0.2, -0.15) is 0 Å². The fraction of sp³-hybridized carbons (Fsp3) is 0.837. The third kappa shape index (κ3) is 6.50. The minimum atomic E-state index is -0.920.